The lowest BCUT2D eigenvalue weighted by Crippen LogP contribution is -2.32. The summed E-state index contributed by atoms with van der Waals surface area (Å²) >= 11 is 0. The molecule has 0 radical (unpaired) electrons. The van der Waals surface area contributed by atoms with Crippen LogP contribution in [-0.2, 0) is 9.53 Å². The summed E-state index contributed by atoms with van der Waals surface area (Å²) in [5.41, 5.74) is 0. The molecule has 0 fully saturated rings. The van der Waals surface area contributed by atoms with E-state index in [0.717, 1.165) is 12.8 Å². The molecule has 0 heterocycles. The highest BCUT2D eigenvalue weighted by molar-refractivity contribution is 5.85. The lowest BCUT2D eigenvalue weighted by molar-refractivity contribution is -0.135. The fourth-order valence-corrected chi connectivity index (χ4v) is 1.57. The molecule has 0 rings (SSSR count). The molecule has 0 aliphatic heterocycles. The molecular weight excluding hydrogens is 164 g/mol. The van der Waals surface area contributed by atoms with Crippen LogP contribution in [0.1, 0.15) is 40.5 Å². The Kier molecular flexibility index (Phi) is 5.97. The molecule has 0 amide bonds. The third kappa shape index (κ3) is 3.90. The third-order valence-electron chi connectivity index (χ3n) is 2.35. The highest BCUT2D eigenvalue weighted by Gasteiger charge is 2.25. The molecule has 0 N–H and O–H groups in total. The third-order valence-corrected chi connectivity index (χ3v) is 2.35. The van der Waals surface area contributed by atoms with Gasteiger partial charge in [0.25, 0.3) is 0 Å². The number of ether oxygens (including phenoxy) is 1. The lowest BCUT2D eigenvalue weighted by Gasteiger charge is -2.21. The molecule has 0 aromatic rings. The van der Waals surface area contributed by atoms with Gasteiger partial charge in [0.1, 0.15) is 6.10 Å². The predicted octanol–water partition coefficient (Wildman–Crippen LogP) is 2.66. The van der Waals surface area contributed by atoms with Crippen LogP contribution in [0.5, 0.6) is 0 Å². The van der Waals surface area contributed by atoms with Crippen LogP contribution in [0.25, 0.3) is 0 Å². The van der Waals surface area contributed by atoms with Crippen LogP contribution in [0.4, 0.5) is 0 Å². The van der Waals surface area contributed by atoms with Crippen LogP contribution in [0.2, 0.25) is 0 Å². The van der Waals surface area contributed by atoms with E-state index in [0.29, 0.717) is 0 Å². The van der Waals surface area contributed by atoms with Gasteiger partial charge < -0.3 is 4.74 Å². The van der Waals surface area contributed by atoms with E-state index in [1.807, 2.05) is 20.8 Å². The Morgan fingerprint density at radius 2 is 1.85 bits per heavy atom. The first-order valence-corrected chi connectivity index (χ1v) is 5.11. The first-order chi connectivity index (χ1) is 6.04. The summed E-state index contributed by atoms with van der Waals surface area (Å²) in [4.78, 5) is 11.8. The zero-order chi connectivity index (χ0) is 10.4. The molecule has 78 valence electrons. The Morgan fingerprint density at radius 3 is 2.15 bits per heavy atom. The van der Waals surface area contributed by atoms with Gasteiger partial charge in [-0.15, -0.1) is 0 Å². The average Bonchev–Trinajstić information content (AvgIpc) is 2.05. The molecule has 0 saturated carbocycles. The maximum atomic E-state index is 11.8. The standard InChI is InChI=1S/C11H22O2/c1-6-7-9(4)10(12)11(13-5)8(2)3/h8-9,11H,6-7H2,1-5H3. The molecule has 2 atom stereocenters. The van der Waals surface area contributed by atoms with Gasteiger partial charge in [0, 0.05) is 13.0 Å². The maximum Gasteiger partial charge on any atom is 0.164 e. The minimum absolute atomic E-state index is 0.136. The van der Waals surface area contributed by atoms with Crippen molar-refractivity contribution in [3.8, 4) is 0 Å². The topological polar surface area (TPSA) is 26.3 Å². The summed E-state index contributed by atoms with van der Waals surface area (Å²) in [6.45, 7) is 8.12. The van der Waals surface area contributed by atoms with Gasteiger partial charge in [-0.05, 0) is 12.3 Å². The normalized spacial score (nSPS) is 15.8. The van der Waals surface area contributed by atoms with Gasteiger partial charge in [0.15, 0.2) is 5.78 Å². The predicted molar refractivity (Wildman–Crippen MR) is 54.7 cm³/mol. The van der Waals surface area contributed by atoms with Crippen molar-refractivity contribution >= 4 is 5.78 Å². The summed E-state index contributed by atoms with van der Waals surface area (Å²) in [6, 6.07) is 0. The van der Waals surface area contributed by atoms with E-state index in [1.54, 1.807) is 7.11 Å². The quantitative estimate of drug-likeness (QED) is 0.637. The van der Waals surface area contributed by atoms with E-state index in [4.69, 9.17) is 4.74 Å². The Labute approximate surface area is 81.7 Å². The molecule has 0 bridgehead atoms. The van der Waals surface area contributed by atoms with Gasteiger partial charge in [-0.25, -0.2) is 0 Å². The van der Waals surface area contributed by atoms with Gasteiger partial charge in [0.2, 0.25) is 0 Å². The number of hydrogen-bond acceptors (Lipinski definition) is 2. The first kappa shape index (κ1) is 12.6. The number of carbonyl (C=O) groups excluding carboxylic acids is 1. The van der Waals surface area contributed by atoms with E-state index < -0.39 is 0 Å². The van der Waals surface area contributed by atoms with Crippen molar-refractivity contribution in [3.63, 3.8) is 0 Å². The molecule has 0 saturated heterocycles. The van der Waals surface area contributed by atoms with Gasteiger partial charge in [-0.2, -0.15) is 0 Å². The average molecular weight is 186 g/mol. The highest BCUT2D eigenvalue weighted by Crippen LogP contribution is 2.15. The van der Waals surface area contributed by atoms with E-state index in [-0.39, 0.29) is 23.7 Å². The fraction of sp³-hybridized carbons (Fsp3) is 0.909. The molecule has 2 heteroatoms. The van der Waals surface area contributed by atoms with E-state index in [9.17, 15) is 4.79 Å². The molecule has 0 aliphatic rings. The van der Waals surface area contributed by atoms with Gasteiger partial charge in [-0.1, -0.05) is 34.1 Å². The SMILES string of the molecule is CCCC(C)C(=O)C(OC)C(C)C. The van der Waals surface area contributed by atoms with Gasteiger partial charge in [-0.3, -0.25) is 4.79 Å². The fourth-order valence-electron chi connectivity index (χ4n) is 1.57. The number of rotatable bonds is 6. The van der Waals surface area contributed by atoms with Crippen molar-refractivity contribution in [2.24, 2.45) is 11.8 Å². The summed E-state index contributed by atoms with van der Waals surface area (Å²) in [6.07, 6.45) is 1.80. The molecule has 2 nitrogen and oxygen atoms in total. The van der Waals surface area contributed by atoms with Gasteiger partial charge >= 0.3 is 0 Å². The Morgan fingerprint density at radius 1 is 1.31 bits per heavy atom. The van der Waals surface area contributed by atoms with Crippen LogP contribution < -0.4 is 0 Å². The monoisotopic (exact) mass is 186 g/mol. The molecule has 0 spiro atoms. The van der Waals surface area contributed by atoms with Crippen molar-refractivity contribution in [1.29, 1.82) is 0 Å². The second kappa shape index (κ2) is 6.14. The minimum Gasteiger partial charge on any atom is -0.373 e. The van der Waals surface area contributed by atoms with E-state index in [2.05, 4.69) is 6.92 Å². The second-order valence-corrected chi connectivity index (χ2v) is 3.99. The van der Waals surface area contributed by atoms with Crippen LogP contribution in [0, 0.1) is 11.8 Å². The van der Waals surface area contributed by atoms with Crippen molar-refractivity contribution in [2.75, 3.05) is 7.11 Å². The molecule has 2 unspecified atom stereocenters. The molecule has 0 aromatic heterocycles. The lowest BCUT2D eigenvalue weighted by atomic mass is 9.91. The van der Waals surface area contributed by atoms with Crippen LogP contribution in [-0.4, -0.2) is 19.0 Å². The molecule has 13 heavy (non-hydrogen) atoms. The maximum absolute atomic E-state index is 11.8. The highest BCUT2D eigenvalue weighted by atomic mass is 16.5. The molecule has 0 aliphatic carbocycles. The smallest absolute Gasteiger partial charge is 0.164 e. The molecule has 0 aromatic carbocycles. The number of Topliss-reactive ketones (excluding diaryl/α,β-unsaturated/α-hetero) is 1. The van der Waals surface area contributed by atoms with Gasteiger partial charge in [0.05, 0.1) is 0 Å². The zero-order valence-electron chi connectivity index (χ0n) is 9.46. The van der Waals surface area contributed by atoms with Crippen molar-refractivity contribution in [3.05, 3.63) is 0 Å². The van der Waals surface area contributed by atoms with E-state index in [1.165, 1.54) is 0 Å². The van der Waals surface area contributed by atoms with Crippen LogP contribution in [0.15, 0.2) is 0 Å². The molecular formula is C11H22O2. The largest absolute Gasteiger partial charge is 0.373 e. The summed E-state index contributed by atoms with van der Waals surface area (Å²) in [5, 5.41) is 0. The zero-order valence-corrected chi connectivity index (χ0v) is 9.46. The second-order valence-electron chi connectivity index (χ2n) is 3.99. The Bertz CT molecular complexity index is 152. The van der Waals surface area contributed by atoms with Crippen molar-refractivity contribution in [2.45, 2.75) is 46.6 Å². The number of hydrogen-bond donors (Lipinski definition) is 0. The minimum atomic E-state index is -0.221. The summed E-state index contributed by atoms with van der Waals surface area (Å²) < 4.78 is 5.19. The van der Waals surface area contributed by atoms with E-state index >= 15 is 0 Å². The summed E-state index contributed by atoms with van der Waals surface area (Å²) in [7, 11) is 1.61. The first-order valence-electron chi connectivity index (χ1n) is 5.11. The Balaban J connectivity index is 4.19. The number of methoxy groups -OCH3 is 1. The van der Waals surface area contributed by atoms with Crippen molar-refractivity contribution < 1.29 is 9.53 Å². The summed E-state index contributed by atoms with van der Waals surface area (Å²) in [5.74, 6) is 0.661. The van der Waals surface area contributed by atoms with Crippen LogP contribution >= 0.6 is 0 Å². The van der Waals surface area contributed by atoms with Crippen LogP contribution in [0.3, 0.4) is 0 Å². The number of carbonyl (C=O) groups is 1. The Hall–Kier alpha value is -0.370. The van der Waals surface area contributed by atoms with Crippen molar-refractivity contribution in [1.82, 2.24) is 0 Å². The number of ketones is 1.